The van der Waals surface area contributed by atoms with Crippen LogP contribution >= 0.6 is 0 Å². The number of amides is 1. The molecule has 1 N–H and O–H groups in total. The van der Waals surface area contributed by atoms with Crippen LogP contribution in [0.3, 0.4) is 0 Å². The number of para-hydroxylation sites is 1. The van der Waals surface area contributed by atoms with E-state index < -0.39 is 0 Å². The molecule has 1 amide bonds. The minimum atomic E-state index is 0.0604. The molecule has 1 heterocycles. The highest BCUT2D eigenvalue weighted by Gasteiger charge is 2.29. The number of hydrogen-bond donors (Lipinski definition) is 1. The van der Waals surface area contributed by atoms with Crippen LogP contribution < -0.4 is 10.1 Å². The topological polar surface area (TPSA) is 44.8 Å². The molecule has 2 aromatic rings. The second kappa shape index (κ2) is 11.3. The number of carbonyl (C=O) groups is 1. The van der Waals surface area contributed by atoms with Crippen molar-refractivity contribution in [1.29, 1.82) is 0 Å². The fraction of sp³-hybridized carbons (Fsp3) is 0.500. The summed E-state index contributed by atoms with van der Waals surface area (Å²) in [6.45, 7) is 12.9. The van der Waals surface area contributed by atoms with E-state index in [1.54, 1.807) is 0 Å². The molecule has 31 heavy (non-hydrogen) atoms. The maximum Gasteiger partial charge on any atom is 0.224 e. The molecule has 1 fully saturated rings. The fourth-order valence-electron chi connectivity index (χ4n) is 4.29. The highest BCUT2D eigenvalue weighted by Crippen LogP contribution is 2.28. The molecule has 0 saturated carbocycles. The first-order valence-corrected chi connectivity index (χ1v) is 11.6. The van der Waals surface area contributed by atoms with Crippen molar-refractivity contribution >= 4 is 5.91 Å². The lowest BCUT2D eigenvalue weighted by Crippen LogP contribution is -2.39. The maximum atomic E-state index is 12.9. The zero-order valence-electron chi connectivity index (χ0n) is 19.4. The van der Waals surface area contributed by atoms with E-state index >= 15 is 0 Å². The van der Waals surface area contributed by atoms with Crippen LogP contribution in [0.2, 0.25) is 0 Å². The average molecular weight is 424 g/mol. The summed E-state index contributed by atoms with van der Waals surface area (Å²) >= 11 is 0. The number of hydrazine groups is 1. The van der Waals surface area contributed by atoms with Gasteiger partial charge in [0.05, 0.1) is 12.5 Å². The van der Waals surface area contributed by atoms with E-state index in [0.29, 0.717) is 18.9 Å². The van der Waals surface area contributed by atoms with Crippen LogP contribution in [-0.4, -0.2) is 48.1 Å². The highest BCUT2D eigenvalue weighted by molar-refractivity contribution is 5.80. The van der Waals surface area contributed by atoms with E-state index in [0.717, 1.165) is 49.5 Å². The minimum absolute atomic E-state index is 0.0604. The molecule has 0 aliphatic carbocycles. The Morgan fingerprint density at radius 2 is 1.65 bits per heavy atom. The molecule has 0 radical (unpaired) electrons. The Kier molecular flexibility index (Phi) is 8.50. The molecular weight excluding hydrogens is 386 g/mol. The Bertz CT molecular complexity index is 826. The summed E-state index contributed by atoms with van der Waals surface area (Å²) < 4.78 is 6.30. The smallest absolute Gasteiger partial charge is 0.224 e. The molecule has 5 heteroatoms. The van der Waals surface area contributed by atoms with Gasteiger partial charge in [-0.25, -0.2) is 10.0 Å². The lowest BCUT2D eigenvalue weighted by molar-refractivity contribution is -0.121. The van der Waals surface area contributed by atoms with Gasteiger partial charge in [-0.2, -0.15) is 0 Å². The quantitative estimate of drug-likeness (QED) is 0.626. The number of ether oxygens (including phenoxy) is 1. The zero-order valence-corrected chi connectivity index (χ0v) is 19.4. The number of carbonyl (C=O) groups excluding carboxylic acids is 1. The highest BCUT2D eigenvalue weighted by atomic mass is 16.5. The van der Waals surface area contributed by atoms with Gasteiger partial charge in [0.25, 0.3) is 0 Å². The van der Waals surface area contributed by atoms with Gasteiger partial charge in [0.2, 0.25) is 5.91 Å². The summed E-state index contributed by atoms with van der Waals surface area (Å²) in [4.78, 5) is 12.9. The van der Waals surface area contributed by atoms with Crippen molar-refractivity contribution in [2.45, 2.75) is 53.2 Å². The standard InChI is InChI=1S/C26H37N3O2/c1-5-28-17-24(18-29(28)6-2)27-25(30)16-23-14-10-13-22(15-20(3)4)26(23)31-19-21-11-8-7-9-12-21/h7-14,20,24H,5-6,15-19H2,1-4H3,(H,27,30). The SMILES string of the molecule is CCN1CC(NC(=O)Cc2cccc(CC(C)C)c2OCc2ccccc2)CN1CC. The lowest BCUT2D eigenvalue weighted by Gasteiger charge is -2.24. The van der Waals surface area contributed by atoms with E-state index in [2.05, 4.69) is 61.2 Å². The third-order valence-electron chi connectivity index (χ3n) is 5.74. The Morgan fingerprint density at radius 3 is 2.26 bits per heavy atom. The molecule has 0 unspecified atom stereocenters. The average Bonchev–Trinajstić information content (AvgIpc) is 3.15. The van der Waals surface area contributed by atoms with Crippen LogP contribution in [0.5, 0.6) is 5.75 Å². The number of nitrogens with zero attached hydrogens (tertiary/aromatic N) is 2. The van der Waals surface area contributed by atoms with Crippen LogP contribution in [0.25, 0.3) is 0 Å². The van der Waals surface area contributed by atoms with Gasteiger partial charge < -0.3 is 10.1 Å². The van der Waals surface area contributed by atoms with Gasteiger partial charge >= 0.3 is 0 Å². The van der Waals surface area contributed by atoms with Gasteiger partial charge in [-0.1, -0.05) is 76.2 Å². The first kappa shape index (κ1) is 23.3. The van der Waals surface area contributed by atoms with E-state index in [4.69, 9.17) is 4.74 Å². The zero-order chi connectivity index (χ0) is 22.2. The third kappa shape index (κ3) is 6.55. The molecule has 1 aliphatic rings. The third-order valence-corrected chi connectivity index (χ3v) is 5.74. The van der Waals surface area contributed by atoms with Crippen LogP contribution in [0.15, 0.2) is 48.5 Å². The van der Waals surface area contributed by atoms with Crippen molar-refractivity contribution in [3.63, 3.8) is 0 Å². The fourth-order valence-corrected chi connectivity index (χ4v) is 4.29. The first-order chi connectivity index (χ1) is 15.0. The summed E-state index contributed by atoms with van der Waals surface area (Å²) in [6.07, 6.45) is 1.27. The second-order valence-electron chi connectivity index (χ2n) is 8.73. The molecular formula is C26H37N3O2. The first-order valence-electron chi connectivity index (χ1n) is 11.6. The molecule has 5 nitrogen and oxygen atoms in total. The molecule has 168 valence electrons. The summed E-state index contributed by atoms with van der Waals surface area (Å²) in [5.74, 6) is 1.44. The number of nitrogens with one attached hydrogen (secondary N) is 1. The van der Waals surface area contributed by atoms with Gasteiger partial charge in [0.15, 0.2) is 0 Å². The number of benzene rings is 2. The van der Waals surface area contributed by atoms with E-state index in [-0.39, 0.29) is 11.9 Å². The Labute approximate surface area is 187 Å². The van der Waals surface area contributed by atoms with Crippen molar-refractivity contribution in [3.05, 3.63) is 65.2 Å². The predicted molar refractivity (Wildman–Crippen MR) is 126 cm³/mol. The summed E-state index contributed by atoms with van der Waals surface area (Å²) in [5, 5.41) is 7.86. The van der Waals surface area contributed by atoms with E-state index in [1.807, 2.05) is 30.3 Å². The normalized spacial score (nSPS) is 15.5. The van der Waals surface area contributed by atoms with Crippen LogP contribution in [-0.2, 0) is 24.2 Å². The van der Waals surface area contributed by atoms with Gasteiger partial charge in [0.1, 0.15) is 12.4 Å². The Balaban J connectivity index is 1.71. The van der Waals surface area contributed by atoms with Crippen molar-refractivity contribution < 1.29 is 9.53 Å². The number of hydrogen-bond acceptors (Lipinski definition) is 4. The van der Waals surface area contributed by atoms with Crippen molar-refractivity contribution in [2.75, 3.05) is 26.2 Å². The minimum Gasteiger partial charge on any atom is -0.488 e. The van der Waals surface area contributed by atoms with Crippen LogP contribution in [0.1, 0.15) is 44.4 Å². The molecule has 2 aromatic carbocycles. The molecule has 0 aromatic heterocycles. The van der Waals surface area contributed by atoms with Crippen LogP contribution in [0.4, 0.5) is 0 Å². The summed E-state index contributed by atoms with van der Waals surface area (Å²) in [6, 6.07) is 16.5. The second-order valence-corrected chi connectivity index (χ2v) is 8.73. The Morgan fingerprint density at radius 1 is 1.00 bits per heavy atom. The van der Waals surface area contributed by atoms with E-state index in [9.17, 15) is 4.79 Å². The monoisotopic (exact) mass is 423 g/mol. The largest absolute Gasteiger partial charge is 0.488 e. The molecule has 1 saturated heterocycles. The van der Waals surface area contributed by atoms with Crippen molar-refractivity contribution in [1.82, 2.24) is 15.3 Å². The maximum absolute atomic E-state index is 12.9. The lowest BCUT2D eigenvalue weighted by atomic mass is 9.98. The molecule has 3 rings (SSSR count). The van der Waals surface area contributed by atoms with Gasteiger partial charge in [-0.3, -0.25) is 4.79 Å². The molecule has 0 spiro atoms. The van der Waals surface area contributed by atoms with Crippen LogP contribution in [0, 0.1) is 5.92 Å². The Hall–Kier alpha value is -2.37. The van der Waals surface area contributed by atoms with Crippen molar-refractivity contribution in [3.8, 4) is 5.75 Å². The molecule has 0 bridgehead atoms. The summed E-state index contributed by atoms with van der Waals surface area (Å²) in [5.41, 5.74) is 3.26. The number of likely N-dealkylation sites (N-methyl/N-ethyl adjacent to an activating group) is 2. The van der Waals surface area contributed by atoms with Gasteiger partial charge in [-0.05, 0) is 23.5 Å². The number of rotatable bonds is 10. The summed E-state index contributed by atoms with van der Waals surface area (Å²) in [7, 11) is 0. The predicted octanol–water partition coefficient (Wildman–Crippen LogP) is 4.06. The van der Waals surface area contributed by atoms with Crippen molar-refractivity contribution in [2.24, 2.45) is 5.92 Å². The molecule has 1 aliphatic heterocycles. The van der Waals surface area contributed by atoms with Gasteiger partial charge in [-0.15, -0.1) is 0 Å². The molecule has 0 atom stereocenters. The van der Waals surface area contributed by atoms with Gasteiger partial charge in [0, 0.05) is 31.7 Å². The van der Waals surface area contributed by atoms with E-state index in [1.165, 1.54) is 5.56 Å².